The van der Waals surface area contributed by atoms with Gasteiger partial charge in [0.15, 0.2) is 0 Å². The van der Waals surface area contributed by atoms with Crippen LogP contribution in [-0.4, -0.2) is 11.7 Å². The molecule has 3 aromatic rings. The molecular weight excluding hydrogens is 262 g/mol. The van der Waals surface area contributed by atoms with Crippen molar-refractivity contribution in [1.82, 2.24) is 5.32 Å². The predicted molar refractivity (Wildman–Crippen MR) is 83.9 cm³/mol. The van der Waals surface area contributed by atoms with Gasteiger partial charge in [-0.1, -0.05) is 48.5 Å². The summed E-state index contributed by atoms with van der Waals surface area (Å²) in [6.07, 6.45) is 0. The molecule has 1 atom stereocenters. The van der Waals surface area contributed by atoms with Crippen LogP contribution in [0.25, 0.3) is 11.0 Å². The van der Waals surface area contributed by atoms with Crippen LogP contribution in [0, 0.1) is 0 Å². The van der Waals surface area contributed by atoms with Crippen molar-refractivity contribution in [2.45, 2.75) is 19.1 Å². The largest absolute Gasteiger partial charge is 0.460 e. The van der Waals surface area contributed by atoms with Gasteiger partial charge in [0.05, 0.1) is 12.1 Å². The summed E-state index contributed by atoms with van der Waals surface area (Å²) in [5, 5.41) is 14.9. The highest BCUT2D eigenvalue weighted by Gasteiger charge is 2.22. The maximum Gasteiger partial charge on any atom is 0.134 e. The Labute approximate surface area is 124 Å². The molecule has 0 saturated carbocycles. The number of hydrogen-bond donors (Lipinski definition) is 2. The number of fused-ring (bicyclic) bond motifs is 1. The number of hydrogen-bond acceptors (Lipinski definition) is 3. The standard InChI is InChI=1S/C18H19NO2/c1-18(20,15-8-3-2-4-9-15)13-19-12-16-11-14-7-5-6-10-17(14)21-16/h2-11,19-20H,12-13H2,1H3. The lowest BCUT2D eigenvalue weighted by molar-refractivity contribution is 0.0562. The monoisotopic (exact) mass is 281 g/mol. The Balaban J connectivity index is 1.63. The topological polar surface area (TPSA) is 45.4 Å². The van der Waals surface area contributed by atoms with Crippen molar-refractivity contribution >= 4 is 11.0 Å². The molecule has 2 aromatic carbocycles. The fourth-order valence-corrected chi connectivity index (χ4v) is 2.45. The second-order valence-corrected chi connectivity index (χ2v) is 5.49. The average molecular weight is 281 g/mol. The molecule has 108 valence electrons. The molecular formula is C18H19NO2. The first-order valence-corrected chi connectivity index (χ1v) is 7.11. The van der Waals surface area contributed by atoms with E-state index in [1.165, 1.54) is 0 Å². The lowest BCUT2D eigenvalue weighted by Crippen LogP contribution is -2.35. The molecule has 0 saturated heterocycles. The van der Waals surface area contributed by atoms with Crippen LogP contribution < -0.4 is 5.32 Å². The van der Waals surface area contributed by atoms with Crippen molar-refractivity contribution in [3.63, 3.8) is 0 Å². The summed E-state index contributed by atoms with van der Waals surface area (Å²) in [7, 11) is 0. The minimum atomic E-state index is -0.896. The maximum absolute atomic E-state index is 10.5. The van der Waals surface area contributed by atoms with Crippen LogP contribution in [0.1, 0.15) is 18.2 Å². The molecule has 0 amide bonds. The third kappa shape index (κ3) is 3.15. The van der Waals surface area contributed by atoms with Crippen LogP contribution in [0.3, 0.4) is 0 Å². The van der Waals surface area contributed by atoms with Gasteiger partial charge < -0.3 is 14.8 Å². The molecule has 0 bridgehead atoms. The number of rotatable bonds is 5. The van der Waals surface area contributed by atoms with Crippen molar-refractivity contribution in [2.24, 2.45) is 0 Å². The van der Waals surface area contributed by atoms with E-state index in [2.05, 4.69) is 5.32 Å². The minimum absolute atomic E-state index is 0.466. The highest BCUT2D eigenvalue weighted by Crippen LogP contribution is 2.21. The van der Waals surface area contributed by atoms with Crippen LogP contribution in [0.15, 0.2) is 65.1 Å². The zero-order valence-corrected chi connectivity index (χ0v) is 12.0. The molecule has 1 unspecified atom stereocenters. The number of furan rings is 1. The predicted octanol–water partition coefficient (Wildman–Crippen LogP) is 3.43. The van der Waals surface area contributed by atoms with Gasteiger partial charge in [0.2, 0.25) is 0 Å². The second kappa shape index (κ2) is 5.72. The van der Waals surface area contributed by atoms with E-state index in [9.17, 15) is 5.11 Å². The normalized spacial score (nSPS) is 14.2. The van der Waals surface area contributed by atoms with Gasteiger partial charge in [-0.3, -0.25) is 0 Å². The number of para-hydroxylation sites is 1. The summed E-state index contributed by atoms with van der Waals surface area (Å²) < 4.78 is 5.74. The van der Waals surface area contributed by atoms with Crippen molar-refractivity contribution in [2.75, 3.05) is 6.54 Å². The fourth-order valence-electron chi connectivity index (χ4n) is 2.45. The molecule has 1 heterocycles. The molecule has 0 aliphatic carbocycles. The molecule has 3 heteroatoms. The Morgan fingerprint density at radius 3 is 2.52 bits per heavy atom. The SMILES string of the molecule is CC(O)(CNCc1cc2ccccc2o1)c1ccccc1. The van der Waals surface area contributed by atoms with E-state index in [0.717, 1.165) is 22.3 Å². The number of benzene rings is 2. The summed E-state index contributed by atoms with van der Waals surface area (Å²) in [4.78, 5) is 0. The van der Waals surface area contributed by atoms with Gasteiger partial charge >= 0.3 is 0 Å². The van der Waals surface area contributed by atoms with Gasteiger partial charge in [0, 0.05) is 11.9 Å². The van der Waals surface area contributed by atoms with Gasteiger partial charge in [-0.2, -0.15) is 0 Å². The molecule has 3 nitrogen and oxygen atoms in total. The Kier molecular flexibility index (Phi) is 3.78. The smallest absolute Gasteiger partial charge is 0.134 e. The number of nitrogens with one attached hydrogen (secondary N) is 1. The summed E-state index contributed by atoms with van der Waals surface area (Å²) in [6, 6.07) is 19.7. The lowest BCUT2D eigenvalue weighted by atomic mass is 9.96. The van der Waals surface area contributed by atoms with E-state index in [1.807, 2.05) is 67.6 Å². The van der Waals surface area contributed by atoms with Crippen molar-refractivity contribution in [3.8, 4) is 0 Å². The average Bonchev–Trinajstić information content (AvgIpc) is 2.90. The van der Waals surface area contributed by atoms with Crippen LogP contribution in [0.4, 0.5) is 0 Å². The molecule has 0 spiro atoms. The van der Waals surface area contributed by atoms with Gasteiger partial charge in [0.25, 0.3) is 0 Å². The van der Waals surface area contributed by atoms with Gasteiger partial charge in [-0.25, -0.2) is 0 Å². The second-order valence-electron chi connectivity index (χ2n) is 5.49. The third-order valence-electron chi connectivity index (χ3n) is 3.64. The maximum atomic E-state index is 10.5. The molecule has 2 N–H and O–H groups in total. The van der Waals surface area contributed by atoms with E-state index in [0.29, 0.717) is 13.1 Å². The van der Waals surface area contributed by atoms with Crippen LogP contribution >= 0.6 is 0 Å². The Hall–Kier alpha value is -2.10. The first-order chi connectivity index (χ1) is 10.1. The highest BCUT2D eigenvalue weighted by molar-refractivity contribution is 5.77. The van der Waals surface area contributed by atoms with E-state index < -0.39 is 5.60 Å². The zero-order valence-electron chi connectivity index (χ0n) is 12.0. The van der Waals surface area contributed by atoms with Crippen LogP contribution in [0.2, 0.25) is 0 Å². The van der Waals surface area contributed by atoms with Gasteiger partial charge in [-0.05, 0) is 24.6 Å². The minimum Gasteiger partial charge on any atom is -0.460 e. The zero-order chi connectivity index (χ0) is 14.7. The first kappa shape index (κ1) is 13.9. The molecule has 0 radical (unpaired) electrons. The lowest BCUT2D eigenvalue weighted by Gasteiger charge is -2.24. The van der Waals surface area contributed by atoms with E-state index in [1.54, 1.807) is 0 Å². The van der Waals surface area contributed by atoms with Crippen LogP contribution in [-0.2, 0) is 12.1 Å². The van der Waals surface area contributed by atoms with Crippen LogP contribution in [0.5, 0.6) is 0 Å². The van der Waals surface area contributed by atoms with E-state index in [-0.39, 0.29) is 0 Å². The first-order valence-electron chi connectivity index (χ1n) is 7.11. The Bertz CT molecular complexity index is 683. The molecule has 3 rings (SSSR count). The Morgan fingerprint density at radius 2 is 1.76 bits per heavy atom. The molecule has 21 heavy (non-hydrogen) atoms. The summed E-state index contributed by atoms with van der Waals surface area (Å²) >= 11 is 0. The third-order valence-corrected chi connectivity index (χ3v) is 3.64. The molecule has 0 aliphatic rings. The quantitative estimate of drug-likeness (QED) is 0.753. The fraction of sp³-hybridized carbons (Fsp3) is 0.222. The Morgan fingerprint density at radius 1 is 1.05 bits per heavy atom. The summed E-state index contributed by atoms with van der Waals surface area (Å²) in [5.74, 6) is 0.875. The van der Waals surface area contributed by atoms with Crippen molar-refractivity contribution < 1.29 is 9.52 Å². The number of aliphatic hydroxyl groups is 1. The summed E-state index contributed by atoms with van der Waals surface area (Å²) in [6.45, 7) is 2.87. The van der Waals surface area contributed by atoms with Crippen molar-refractivity contribution in [1.29, 1.82) is 0 Å². The van der Waals surface area contributed by atoms with Crippen molar-refractivity contribution in [3.05, 3.63) is 72.0 Å². The molecule has 1 aromatic heterocycles. The van der Waals surface area contributed by atoms with Gasteiger partial charge in [0.1, 0.15) is 11.3 Å². The van der Waals surface area contributed by atoms with Gasteiger partial charge in [-0.15, -0.1) is 0 Å². The summed E-state index contributed by atoms with van der Waals surface area (Å²) in [5.41, 5.74) is 0.902. The molecule has 0 fully saturated rings. The van der Waals surface area contributed by atoms with E-state index >= 15 is 0 Å². The molecule has 0 aliphatic heterocycles. The highest BCUT2D eigenvalue weighted by atomic mass is 16.3. The van der Waals surface area contributed by atoms with E-state index in [4.69, 9.17) is 4.42 Å².